The minimum atomic E-state index is -1.22. The van der Waals surface area contributed by atoms with E-state index < -0.39 is 47.0 Å². The maximum Gasteiger partial charge on any atom is 0.312 e. The molecule has 4 heterocycles. The molecule has 11 heteroatoms. The molecule has 3 saturated heterocycles. The van der Waals surface area contributed by atoms with Gasteiger partial charge < -0.3 is 24.8 Å². The Hall–Kier alpha value is -3.83. The van der Waals surface area contributed by atoms with Crippen molar-refractivity contribution in [3.05, 3.63) is 60.2 Å². The predicted octanol–water partition coefficient (Wildman–Crippen LogP) is 1.83. The molecule has 2 amide bonds. The van der Waals surface area contributed by atoms with Crippen LogP contribution in [-0.2, 0) is 36.9 Å². The molecule has 0 radical (unpaired) electrons. The number of likely N-dealkylation sites (tertiary alicyclic amines) is 1. The number of ether oxygens (including phenoxy) is 2. The van der Waals surface area contributed by atoms with Gasteiger partial charge >= 0.3 is 5.97 Å². The van der Waals surface area contributed by atoms with Gasteiger partial charge in [0, 0.05) is 0 Å². The van der Waals surface area contributed by atoms with Gasteiger partial charge in [0.2, 0.25) is 11.8 Å². The molecule has 3 aromatic rings. The van der Waals surface area contributed by atoms with Crippen LogP contribution in [0.1, 0.15) is 38.7 Å². The summed E-state index contributed by atoms with van der Waals surface area (Å²) in [5.74, 6) is -2.98. The first-order valence-electron chi connectivity index (χ1n) is 14.3. The van der Waals surface area contributed by atoms with Crippen molar-refractivity contribution in [3.8, 4) is 0 Å². The van der Waals surface area contributed by atoms with E-state index in [0.29, 0.717) is 31.2 Å². The van der Waals surface area contributed by atoms with Crippen LogP contribution in [0.2, 0.25) is 0 Å². The number of hydrogen-bond donors (Lipinski definition) is 2. The average Bonchev–Trinajstić information content (AvgIpc) is 3.72. The highest BCUT2D eigenvalue weighted by atomic mass is 16.6. The minimum absolute atomic E-state index is 0.0291. The number of fused-ring (bicyclic) bond motifs is 2. The Morgan fingerprint density at radius 2 is 1.90 bits per heavy atom. The summed E-state index contributed by atoms with van der Waals surface area (Å²) in [6.45, 7) is 3.52. The zero-order chi connectivity index (χ0) is 28.8. The molecule has 3 aliphatic rings. The quantitative estimate of drug-likeness (QED) is 0.358. The third-order valence-electron chi connectivity index (χ3n) is 9.15. The lowest BCUT2D eigenvalue weighted by atomic mass is 9.65. The first-order valence-corrected chi connectivity index (χ1v) is 14.3. The number of aliphatic hydroxyl groups excluding tert-OH is 1. The lowest BCUT2D eigenvalue weighted by Gasteiger charge is -2.37. The van der Waals surface area contributed by atoms with E-state index in [-0.39, 0.29) is 25.8 Å². The Kier molecular flexibility index (Phi) is 7.03. The molecular formula is C30H35N5O6. The number of benzene rings is 2. The number of amides is 2. The van der Waals surface area contributed by atoms with Crippen molar-refractivity contribution >= 4 is 28.8 Å². The van der Waals surface area contributed by atoms with Gasteiger partial charge in [-0.15, -0.1) is 5.10 Å². The Bertz CT molecular complexity index is 1460. The van der Waals surface area contributed by atoms with Crippen LogP contribution < -0.4 is 5.32 Å². The number of carbonyl (C=O) groups excluding carboxylic acids is 3. The van der Waals surface area contributed by atoms with Crippen LogP contribution in [0.15, 0.2) is 54.6 Å². The summed E-state index contributed by atoms with van der Waals surface area (Å²) in [5, 5.41) is 21.8. The molecule has 2 N–H and O–H groups in total. The molecule has 0 aliphatic carbocycles. The molecule has 41 heavy (non-hydrogen) atoms. The number of hydrogen-bond acceptors (Lipinski definition) is 8. The maximum atomic E-state index is 14.4. The number of aromatic nitrogens is 3. The molecular weight excluding hydrogens is 526 g/mol. The number of carbonyl (C=O) groups is 3. The van der Waals surface area contributed by atoms with Crippen molar-refractivity contribution < 1.29 is 29.0 Å². The van der Waals surface area contributed by atoms with Crippen molar-refractivity contribution in [2.75, 3.05) is 13.2 Å². The second-order valence-corrected chi connectivity index (χ2v) is 11.1. The fourth-order valence-corrected chi connectivity index (χ4v) is 7.36. The fraction of sp³-hybridized carbons (Fsp3) is 0.500. The Morgan fingerprint density at radius 3 is 2.63 bits per heavy atom. The third-order valence-corrected chi connectivity index (χ3v) is 9.15. The van der Waals surface area contributed by atoms with Gasteiger partial charge in [0.25, 0.3) is 0 Å². The van der Waals surface area contributed by atoms with E-state index in [2.05, 4.69) is 15.6 Å². The van der Waals surface area contributed by atoms with Gasteiger partial charge in [-0.2, -0.15) is 0 Å². The Balaban J connectivity index is 1.38. The second-order valence-electron chi connectivity index (χ2n) is 11.1. The average molecular weight is 562 g/mol. The van der Waals surface area contributed by atoms with Crippen molar-refractivity contribution in [1.82, 2.24) is 25.2 Å². The topological polar surface area (TPSA) is 136 Å². The molecule has 2 aromatic carbocycles. The highest BCUT2D eigenvalue weighted by molar-refractivity contribution is 5.98. The first-order chi connectivity index (χ1) is 19.9. The van der Waals surface area contributed by atoms with Gasteiger partial charge in [-0.05, 0) is 50.3 Å². The minimum Gasteiger partial charge on any atom is -0.466 e. The third kappa shape index (κ3) is 4.21. The number of aliphatic hydroxyl groups is 1. The highest BCUT2D eigenvalue weighted by Gasteiger charge is 2.79. The SMILES string of the molecule is CCOC(=O)[C@H]1[C@H]2C(=O)N([C@@H](CO)Cc3ccccc3)C(C(=O)NCn3nnc4ccccc43)C23CC[C@]1(CC)O3. The lowest BCUT2D eigenvalue weighted by Crippen LogP contribution is -2.58. The summed E-state index contributed by atoms with van der Waals surface area (Å²) >= 11 is 0. The normalized spacial score (nSPS) is 29.1. The van der Waals surface area contributed by atoms with Crippen LogP contribution in [0.5, 0.6) is 0 Å². The maximum absolute atomic E-state index is 14.4. The summed E-state index contributed by atoms with van der Waals surface area (Å²) in [7, 11) is 0. The Labute approximate surface area is 237 Å². The van der Waals surface area contributed by atoms with Crippen molar-refractivity contribution in [2.24, 2.45) is 11.8 Å². The highest BCUT2D eigenvalue weighted by Crippen LogP contribution is 2.64. The lowest BCUT2D eigenvalue weighted by molar-refractivity contribution is -0.162. The molecule has 3 aliphatic heterocycles. The summed E-state index contributed by atoms with van der Waals surface area (Å²) in [5.41, 5.74) is 0.266. The van der Waals surface area contributed by atoms with Gasteiger partial charge in [0.1, 0.15) is 29.7 Å². The van der Waals surface area contributed by atoms with Crippen LogP contribution in [0.25, 0.3) is 11.0 Å². The zero-order valence-electron chi connectivity index (χ0n) is 23.2. The smallest absolute Gasteiger partial charge is 0.312 e. The molecule has 3 fully saturated rings. The van der Waals surface area contributed by atoms with Gasteiger partial charge in [0.05, 0.1) is 36.3 Å². The molecule has 1 aromatic heterocycles. The Morgan fingerprint density at radius 1 is 1.15 bits per heavy atom. The van der Waals surface area contributed by atoms with Crippen molar-refractivity contribution in [1.29, 1.82) is 0 Å². The molecule has 216 valence electrons. The molecule has 0 saturated carbocycles. The molecule has 2 unspecified atom stereocenters. The molecule has 1 spiro atoms. The van der Waals surface area contributed by atoms with E-state index in [1.165, 1.54) is 4.90 Å². The number of esters is 1. The van der Waals surface area contributed by atoms with E-state index >= 15 is 0 Å². The van der Waals surface area contributed by atoms with E-state index in [0.717, 1.165) is 11.1 Å². The standard InChI is InChI=1S/C30H35N5O6/c1-3-29-14-15-30(41-29)23(24(29)28(39)40-4-2)27(38)35(20(17-36)16-19-10-6-5-7-11-19)25(30)26(37)31-18-34-22-13-9-8-12-21(22)32-33-34/h5-13,20,23-25,36H,3-4,14-18H2,1-2H3,(H,31,37)/t20-,23+,24-,25?,29+,30?/m1/s1. The largest absolute Gasteiger partial charge is 0.466 e. The van der Waals surface area contributed by atoms with E-state index in [9.17, 15) is 19.5 Å². The number of rotatable bonds is 10. The van der Waals surface area contributed by atoms with Crippen LogP contribution in [0.3, 0.4) is 0 Å². The van der Waals surface area contributed by atoms with Gasteiger partial charge in [-0.3, -0.25) is 14.4 Å². The van der Waals surface area contributed by atoms with Crippen LogP contribution in [0, 0.1) is 11.8 Å². The van der Waals surface area contributed by atoms with E-state index in [1.54, 1.807) is 11.6 Å². The summed E-state index contributed by atoms with van der Waals surface area (Å²) in [6.07, 6.45) is 1.82. The van der Waals surface area contributed by atoms with Gasteiger partial charge in [-0.1, -0.05) is 54.6 Å². The monoisotopic (exact) mass is 561 g/mol. The fourth-order valence-electron chi connectivity index (χ4n) is 7.36. The van der Waals surface area contributed by atoms with Crippen LogP contribution in [0.4, 0.5) is 0 Å². The first kappa shape index (κ1) is 27.3. The summed E-state index contributed by atoms with van der Waals surface area (Å²) in [4.78, 5) is 43.4. The molecule has 11 nitrogen and oxygen atoms in total. The van der Waals surface area contributed by atoms with Crippen molar-refractivity contribution in [2.45, 2.75) is 69.5 Å². The molecule has 2 bridgehead atoms. The van der Waals surface area contributed by atoms with Gasteiger partial charge in [0.15, 0.2) is 0 Å². The number of nitrogens with one attached hydrogen (secondary N) is 1. The van der Waals surface area contributed by atoms with E-state index in [1.807, 2.05) is 61.5 Å². The number of nitrogens with zero attached hydrogens (tertiary/aromatic N) is 4. The number of para-hydroxylation sites is 1. The molecule has 6 atom stereocenters. The predicted molar refractivity (Wildman–Crippen MR) is 147 cm³/mol. The zero-order valence-corrected chi connectivity index (χ0v) is 23.2. The van der Waals surface area contributed by atoms with Crippen molar-refractivity contribution in [3.63, 3.8) is 0 Å². The van der Waals surface area contributed by atoms with Crippen LogP contribution >= 0.6 is 0 Å². The second kappa shape index (κ2) is 10.5. The summed E-state index contributed by atoms with van der Waals surface area (Å²) < 4.78 is 13.8. The van der Waals surface area contributed by atoms with Gasteiger partial charge in [-0.25, -0.2) is 4.68 Å². The summed E-state index contributed by atoms with van der Waals surface area (Å²) in [6, 6.07) is 15.2. The van der Waals surface area contributed by atoms with Crippen LogP contribution in [-0.4, -0.2) is 79.3 Å². The van der Waals surface area contributed by atoms with E-state index in [4.69, 9.17) is 9.47 Å². The molecule has 6 rings (SSSR count).